The molecule has 0 aliphatic rings. The lowest BCUT2D eigenvalue weighted by atomic mass is 10.2. The summed E-state index contributed by atoms with van der Waals surface area (Å²) >= 11 is 0. The summed E-state index contributed by atoms with van der Waals surface area (Å²) < 4.78 is 1.49. The highest BCUT2D eigenvalue weighted by Crippen LogP contribution is 2.10. The summed E-state index contributed by atoms with van der Waals surface area (Å²) in [7, 11) is 0. The van der Waals surface area contributed by atoms with E-state index in [-0.39, 0.29) is 0 Å². The number of aromatic nitrogens is 3. The van der Waals surface area contributed by atoms with Gasteiger partial charge >= 0.3 is 0 Å². The Morgan fingerprint density at radius 3 is 2.75 bits per heavy atom. The molecule has 0 saturated carbocycles. The molecule has 4 N–H and O–H groups in total. The van der Waals surface area contributed by atoms with Gasteiger partial charge in [0.05, 0.1) is 0 Å². The van der Waals surface area contributed by atoms with Gasteiger partial charge in [0.25, 0.3) is 0 Å². The Labute approximate surface area is 91.9 Å². The van der Waals surface area contributed by atoms with Crippen LogP contribution < -0.4 is 11.5 Å². The monoisotopic (exact) mass is 217 g/mol. The van der Waals surface area contributed by atoms with Crippen LogP contribution in [-0.4, -0.2) is 20.7 Å². The maximum atomic E-state index is 11.1. The van der Waals surface area contributed by atoms with Crippen LogP contribution in [0.4, 0.5) is 5.82 Å². The summed E-state index contributed by atoms with van der Waals surface area (Å²) in [5, 5.41) is 4.00. The largest absolute Gasteiger partial charge is 0.382 e. The lowest BCUT2D eigenvalue weighted by Gasteiger charge is -2.04. The molecule has 82 valence electrons. The van der Waals surface area contributed by atoms with Crippen molar-refractivity contribution in [3.63, 3.8) is 0 Å². The van der Waals surface area contributed by atoms with Crippen LogP contribution in [0.25, 0.3) is 5.82 Å². The third kappa shape index (κ3) is 1.85. The summed E-state index contributed by atoms with van der Waals surface area (Å²) in [5.41, 5.74) is 11.8. The second-order valence-corrected chi connectivity index (χ2v) is 3.40. The van der Waals surface area contributed by atoms with Gasteiger partial charge in [0, 0.05) is 23.5 Å². The van der Waals surface area contributed by atoms with Crippen LogP contribution >= 0.6 is 0 Å². The topological polar surface area (TPSA) is 99.8 Å². The van der Waals surface area contributed by atoms with E-state index in [1.54, 1.807) is 31.3 Å². The Bertz CT molecular complexity index is 546. The van der Waals surface area contributed by atoms with Crippen molar-refractivity contribution in [2.75, 3.05) is 5.73 Å². The van der Waals surface area contributed by atoms with E-state index in [0.29, 0.717) is 22.9 Å². The van der Waals surface area contributed by atoms with E-state index in [4.69, 9.17) is 11.5 Å². The van der Waals surface area contributed by atoms with Gasteiger partial charge in [-0.2, -0.15) is 0 Å². The molecule has 0 aromatic carbocycles. The highest BCUT2D eigenvalue weighted by Gasteiger charge is 2.07. The molecule has 6 nitrogen and oxygen atoms in total. The van der Waals surface area contributed by atoms with Crippen molar-refractivity contribution < 1.29 is 4.79 Å². The number of aryl methyl sites for hydroxylation is 1. The molecule has 16 heavy (non-hydrogen) atoms. The van der Waals surface area contributed by atoms with Crippen molar-refractivity contribution >= 4 is 11.7 Å². The average Bonchev–Trinajstić information content (AvgIpc) is 2.64. The van der Waals surface area contributed by atoms with Gasteiger partial charge < -0.3 is 11.5 Å². The smallest absolute Gasteiger partial charge is 0.248 e. The molecular weight excluding hydrogens is 206 g/mol. The second kappa shape index (κ2) is 3.65. The van der Waals surface area contributed by atoms with Crippen LogP contribution in [0.15, 0.2) is 24.4 Å². The van der Waals surface area contributed by atoms with Crippen molar-refractivity contribution in [2.24, 2.45) is 5.73 Å². The van der Waals surface area contributed by atoms with E-state index in [9.17, 15) is 4.79 Å². The number of anilines is 1. The maximum absolute atomic E-state index is 11.1. The minimum Gasteiger partial charge on any atom is -0.382 e. The molecule has 0 fully saturated rings. The normalized spacial score (nSPS) is 10.3. The minimum absolute atomic E-state index is 0.393. The van der Waals surface area contributed by atoms with Crippen LogP contribution in [0, 0.1) is 6.92 Å². The summed E-state index contributed by atoms with van der Waals surface area (Å²) in [5.74, 6) is 0.418. The van der Waals surface area contributed by atoms with Gasteiger partial charge in [-0.25, -0.2) is 9.67 Å². The Balaban J connectivity index is 2.53. The summed E-state index contributed by atoms with van der Waals surface area (Å²) in [4.78, 5) is 15.3. The molecule has 2 heterocycles. The van der Waals surface area contributed by atoms with E-state index < -0.39 is 5.91 Å². The molecule has 0 aliphatic carbocycles. The number of nitrogens with zero attached hydrogens (tertiary/aromatic N) is 3. The van der Waals surface area contributed by atoms with Gasteiger partial charge in [-0.05, 0) is 19.1 Å². The SMILES string of the molecule is Cc1cc(C(N)=O)cc(-n2ccc(N)n2)n1. The van der Waals surface area contributed by atoms with Crippen LogP contribution in [0.3, 0.4) is 0 Å². The number of carbonyl (C=O) groups is 1. The Morgan fingerprint density at radius 1 is 1.44 bits per heavy atom. The van der Waals surface area contributed by atoms with Crippen LogP contribution in [-0.2, 0) is 0 Å². The molecule has 0 saturated heterocycles. The third-order valence-corrected chi connectivity index (χ3v) is 2.07. The number of hydrogen-bond acceptors (Lipinski definition) is 4. The molecule has 6 heteroatoms. The highest BCUT2D eigenvalue weighted by molar-refractivity contribution is 5.93. The van der Waals surface area contributed by atoms with Gasteiger partial charge in [0.2, 0.25) is 5.91 Å². The zero-order valence-electron chi connectivity index (χ0n) is 8.71. The molecule has 2 rings (SSSR count). The fourth-order valence-corrected chi connectivity index (χ4v) is 1.38. The Kier molecular flexibility index (Phi) is 2.32. The van der Waals surface area contributed by atoms with Crippen LogP contribution in [0.5, 0.6) is 0 Å². The number of primary amides is 1. The number of carbonyl (C=O) groups excluding carboxylic acids is 1. The number of pyridine rings is 1. The zero-order valence-corrected chi connectivity index (χ0v) is 8.71. The summed E-state index contributed by atoms with van der Waals surface area (Å²) in [6, 6.07) is 4.84. The van der Waals surface area contributed by atoms with Crippen molar-refractivity contribution in [1.29, 1.82) is 0 Å². The first-order valence-electron chi connectivity index (χ1n) is 4.66. The zero-order chi connectivity index (χ0) is 11.7. The fourth-order valence-electron chi connectivity index (χ4n) is 1.38. The highest BCUT2D eigenvalue weighted by atomic mass is 16.1. The molecule has 2 aromatic rings. The van der Waals surface area contributed by atoms with Crippen LogP contribution in [0.2, 0.25) is 0 Å². The van der Waals surface area contributed by atoms with Crippen molar-refractivity contribution in [1.82, 2.24) is 14.8 Å². The quantitative estimate of drug-likeness (QED) is 0.753. The lowest BCUT2D eigenvalue weighted by Crippen LogP contribution is -2.13. The van der Waals surface area contributed by atoms with Crippen molar-refractivity contribution in [2.45, 2.75) is 6.92 Å². The van der Waals surface area contributed by atoms with Gasteiger partial charge in [0.1, 0.15) is 5.82 Å². The van der Waals surface area contributed by atoms with E-state index in [2.05, 4.69) is 10.1 Å². The molecule has 0 atom stereocenters. The molecule has 2 aromatic heterocycles. The number of amides is 1. The summed E-state index contributed by atoms with van der Waals surface area (Å²) in [6.45, 7) is 1.78. The summed E-state index contributed by atoms with van der Waals surface area (Å²) in [6.07, 6.45) is 1.67. The second-order valence-electron chi connectivity index (χ2n) is 3.40. The molecule has 1 amide bonds. The third-order valence-electron chi connectivity index (χ3n) is 2.07. The predicted octanol–water partition coefficient (Wildman–Crippen LogP) is 0.257. The molecule has 0 radical (unpaired) electrons. The molecule has 0 unspecified atom stereocenters. The molecular formula is C10H11N5O. The molecule has 0 aliphatic heterocycles. The Hall–Kier alpha value is -2.37. The van der Waals surface area contributed by atoms with Crippen molar-refractivity contribution in [3.8, 4) is 5.82 Å². The number of nitrogen functional groups attached to an aromatic ring is 1. The predicted molar refractivity (Wildman–Crippen MR) is 59.0 cm³/mol. The van der Waals surface area contributed by atoms with E-state index in [1.807, 2.05) is 0 Å². The first kappa shape index (κ1) is 10.2. The lowest BCUT2D eigenvalue weighted by molar-refractivity contribution is 0.1000. The number of rotatable bonds is 2. The van der Waals surface area contributed by atoms with Crippen molar-refractivity contribution in [3.05, 3.63) is 35.7 Å². The minimum atomic E-state index is -0.494. The molecule has 0 bridgehead atoms. The molecule has 0 spiro atoms. The van der Waals surface area contributed by atoms with Gasteiger partial charge in [-0.15, -0.1) is 5.10 Å². The number of hydrogen-bond donors (Lipinski definition) is 2. The van der Waals surface area contributed by atoms with E-state index in [1.165, 1.54) is 4.68 Å². The fraction of sp³-hybridized carbons (Fsp3) is 0.100. The maximum Gasteiger partial charge on any atom is 0.248 e. The van der Waals surface area contributed by atoms with Gasteiger partial charge in [-0.1, -0.05) is 0 Å². The van der Waals surface area contributed by atoms with E-state index >= 15 is 0 Å². The standard InChI is InChI=1S/C10H11N5O/c1-6-4-7(10(12)16)5-9(13-6)15-3-2-8(11)14-15/h2-5H,1H3,(H2,11,14)(H2,12,16). The first-order valence-corrected chi connectivity index (χ1v) is 4.66. The van der Waals surface area contributed by atoms with E-state index in [0.717, 1.165) is 0 Å². The Morgan fingerprint density at radius 2 is 2.19 bits per heavy atom. The first-order chi connectivity index (χ1) is 7.56. The van der Waals surface area contributed by atoms with Gasteiger partial charge in [0.15, 0.2) is 5.82 Å². The van der Waals surface area contributed by atoms with Crippen LogP contribution in [0.1, 0.15) is 16.1 Å². The average molecular weight is 217 g/mol. The number of nitrogens with two attached hydrogens (primary N) is 2. The van der Waals surface area contributed by atoms with Gasteiger partial charge in [-0.3, -0.25) is 4.79 Å².